The highest BCUT2D eigenvalue weighted by Crippen LogP contribution is 2.20. The van der Waals surface area contributed by atoms with Crippen LogP contribution in [-0.2, 0) is 6.61 Å². The highest BCUT2D eigenvalue weighted by molar-refractivity contribution is 4.87. The van der Waals surface area contributed by atoms with Gasteiger partial charge in [-0.1, -0.05) is 20.3 Å². The second kappa shape index (κ2) is 4.37. The molecule has 1 heterocycles. The lowest BCUT2D eigenvalue weighted by atomic mass is 10.0. The Morgan fingerprint density at radius 2 is 2.23 bits per heavy atom. The average molecular weight is 183 g/mol. The van der Waals surface area contributed by atoms with Crippen molar-refractivity contribution >= 4 is 0 Å². The Hall–Kier alpha value is -0.900. The smallest absolute Gasteiger partial charge is 0.158 e. The first-order chi connectivity index (χ1) is 6.20. The Bertz CT molecular complexity index is 259. The van der Waals surface area contributed by atoms with Crippen molar-refractivity contribution < 1.29 is 5.11 Å². The topological polar surface area (TPSA) is 50.9 Å². The summed E-state index contributed by atoms with van der Waals surface area (Å²) in [6.07, 6.45) is 2.80. The molecule has 0 saturated carbocycles. The van der Waals surface area contributed by atoms with Crippen molar-refractivity contribution in [3.63, 3.8) is 0 Å². The zero-order chi connectivity index (χ0) is 9.84. The third-order valence-corrected chi connectivity index (χ3v) is 2.69. The first-order valence-electron chi connectivity index (χ1n) is 4.69. The minimum atomic E-state index is -0.0409. The van der Waals surface area contributed by atoms with Crippen LogP contribution in [0.4, 0.5) is 0 Å². The van der Waals surface area contributed by atoms with Gasteiger partial charge in [0.2, 0.25) is 0 Å². The third-order valence-electron chi connectivity index (χ3n) is 2.69. The number of hydrogen-bond acceptors (Lipinski definition) is 3. The van der Waals surface area contributed by atoms with E-state index in [2.05, 4.69) is 31.0 Å². The lowest BCUT2D eigenvalue weighted by Gasteiger charge is -2.20. The molecule has 1 N–H and O–H groups in total. The summed E-state index contributed by atoms with van der Waals surface area (Å²) < 4.78 is 1.94. The van der Waals surface area contributed by atoms with Gasteiger partial charge in [-0.15, -0.1) is 10.2 Å². The maximum absolute atomic E-state index is 8.99. The number of hydrogen-bond donors (Lipinski definition) is 1. The molecule has 0 spiro atoms. The van der Waals surface area contributed by atoms with Gasteiger partial charge in [0.1, 0.15) is 12.9 Å². The number of aromatic nitrogens is 3. The summed E-state index contributed by atoms with van der Waals surface area (Å²) in [6, 6.07) is 0.349. The van der Waals surface area contributed by atoms with Crippen molar-refractivity contribution in [2.24, 2.45) is 5.92 Å². The maximum Gasteiger partial charge on any atom is 0.158 e. The van der Waals surface area contributed by atoms with Gasteiger partial charge in [-0.2, -0.15) is 0 Å². The van der Waals surface area contributed by atoms with Gasteiger partial charge >= 0.3 is 0 Å². The highest BCUT2D eigenvalue weighted by atomic mass is 16.3. The maximum atomic E-state index is 8.99. The van der Waals surface area contributed by atoms with Gasteiger partial charge in [0.05, 0.1) is 0 Å². The predicted molar refractivity (Wildman–Crippen MR) is 50.1 cm³/mol. The minimum absolute atomic E-state index is 0.0409. The molecule has 0 aromatic carbocycles. The normalized spacial score (nSPS) is 15.7. The summed E-state index contributed by atoms with van der Waals surface area (Å²) in [5.74, 6) is 1.22. The molecule has 0 saturated heterocycles. The molecular weight excluding hydrogens is 166 g/mol. The molecule has 0 fully saturated rings. The summed E-state index contributed by atoms with van der Waals surface area (Å²) in [6.45, 7) is 6.42. The molecule has 4 heteroatoms. The number of aliphatic hydroxyl groups is 1. The second-order valence-electron chi connectivity index (χ2n) is 3.44. The number of rotatable bonds is 4. The van der Waals surface area contributed by atoms with E-state index in [0.29, 0.717) is 17.8 Å². The van der Waals surface area contributed by atoms with Crippen molar-refractivity contribution in [1.82, 2.24) is 14.8 Å². The summed E-state index contributed by atoms with van der Waals surface area (Å²) in [5.41, 5.74) is 0. The van der Waals surface area contributed by atoms with Crippen LogP contribution < -0.4 is 0 Å². The standard InChI is InChI=1S/C9H17N3O/c1-4-7(2)8(3)12-6-10-11-9(12)5-13/h6-8,13H,4-5H2,1-3H3. The summed E-state index contributed by atoms with van der Waals surface area (Å²) in [5, 5.41) is 16.6. The van der Waals surface area contributed by atoms with Crippen LogP contribution in [0, 0.1) is 5.92 Å². The van der Waals surface area contributed by atoms with E-state index in [4.69, 9.17) is 5.11 Å². The van der Waals surface area contributed by atoms with Crippen LogP contribution in [0.2, 0.25) is 0 Å². The Morgan fingerprint density at radius 1 is 1.54 bits per heavy atom. The van der Waals surface area contributed by atoms with E-state index in [1.807, 2.05) is 4.57 Å². The SMILES string of the molecule is CCC(C)C(C)n1cnnc1CO. The molecule has 2 unspecified atom stereocenters. The third kappa shape index (κ3) is 2.06. The largest absolute Gasteiger partial charge is 0.388 e. The summed E-state index contributed by atoms with van der Waals surface area (Å²) in [7, 11) is 0. The monoisotopic (exact) mass is 183 g/mol. The van der Waals surface area contributed by atoms with Gasteiger partial charge in [-0.05, 0) is 12.8 Å². The molecule has 0 aliphatic heterocycles. The quantitative estimate of drug-likeness (QED) is 0.767. The zero-order valence-corrected chi connectivity index (χ0v) is 8.44. The Balaban J connectivity index is 2.81. The van der Waals surface area contributed by atoms with Crippen molar-refractivity contribution in [3.8, 4) is 0 Å². The van der Waals surface area contributed by atoms with E-state index in [0.717, 1.165) is 6.42 Å². The van der Waals surface area contributed by atoms with Crippen LogP contribution in [0.15, 0.2) is 6.33 Å². The van der Waals surface area contributed by atoms with Crippen LogP contribution in [-0.4, -0.2) is 19.9 Å². The van der Waals surface area contributed by atoms with Gasteiger partial charge in [0, 0.05) is 6.04 Å². The van der Waals surface area contributed by atoms with Crippen molar-refractivity contribution in [2.45, 2.75) is 39.8 Å². The van der Waals surface area contributed by atoms with Crippen LogP contribution >= 0.6 is 0 Å². The van der Waals surface area contributed by atoms with E-state index in [9.17, 15) is 0 Å². The molecule has 0 aliphatic carbocycles. The van der Waals surface area contributed by atoms with Gasteiger partial charge < -0.3 is 9.67 Å². The molecule has 0 radical (unpaired) electrons. The van der Waals surface area contributed by atoms with E-state index >= 15 is 0 Å². The lowest BCUT2D eigenvalue weighted by Crippen LogP contribution is -2.15. The molecular formula is C9H17N3O. The fourth-order valence-corrected chi connectivity index (χ4v) is 1.34. The zero-order valence-electron chi connectivity index (χ0n) is 8.44. The summed E-state index contributed by atoms with van der Waals surface area (Å²) in [4.78, 5) is 0. The second-order valence-corrected chi connectivity index (χ2v) is 3.44. The molecule has 1 aromatic heterocycles. The minimum Gasteiger partial charge on any atom is -0.388 e. The van der Waals surface area contributed by atoms with Crippen LogP contribution in [0.3, 0.4) is 0 Å². The average Bonchev–Trinajstić information content (AvgIpc) is 2.62. The summed E-state index contributed by atoms with van der Waals surface area (Å²) >= 11 is 0. The van der Waals surface area contributed by atoms with Crippen LogP contribution in [0.1, 0.15) is 39.1 Å². The van der Waals surface area contributed by atoms with Crippen LogP contribution in [0.5, 0.6) is 0 Å². The van der Waals surface area contributed by atoms with Gasteiger partial charge in [-0.3, -0.25) is 0 Å². The Morgan fingerprint density at radius 3 is 2.77 bits per heavy atom. The molecule has 0 amide bonds. The van der Waals surface area contributed by atoms with E-state index in [1.54, 1.807) is 6.33 Å². The first-order valence-corrected chi connectivity index (χ1v) is 4.69. The van der Waals surface area contributed by atoms with E-state index < -0.39 is 0 Å². The predicted octanol–water partition coefficient (Wildman–Crippen LogP) is 1.38. The molecule has 2 atom stereocenters. The molecule has 1 rings (SSSR count). The molecule has 0 bridgehead atoms. The van der Waals surface area contributed by atoms with Crippen molar-refractivity contribution in [3.05, 3.63) is 12.2 Å². The molecule has 1 aromatic rings. The molecule has 0 aliphatic rings. The van der Waals surface area contributed by atoms with Gasteiger partial charge in [0.25, 0.3) is 0 Å². The van der Waals surface area contributed by atoms with Gasteiger partial charge in [-0.25, -0.2) is 0 Å². The Labute approximate surface area is 78.6 Å². The molecule has 13 heavy (non-hydrogen) atoms. The van der Waals surface area contributed by atoms with Gasteiger partial charge in [0.15, 0.2) is 5.82 Å². The molecule has 74 valence electrons. The first kappa shape index (κ1) is 10.2. The van der Waals surface area contributed by atoms with Crippen LogP contribution in [0.25, 0.3) is 0 Å². The number of aliphatic hydroxyl groups excluding tert-OH is 1. The lowest BCUT2D eigenvalue weighted by molar-refractivity contribution is 0.252. The van der Waals surface area contributed by atoms with Crippen molar-refractivity contribution in [1.29, 1.82) is 0 Å². The fourth-order valence-electron chi connectivity index (χ4n) is 1.34. The fraction of sp³-hybridized carbons (Fsp3) is 0.778. The Kier molecular flexibility index (Phi) is 3.42. The highest BCUT2D eigenvalue weighted by Gasteiger charge is 2.15. The van der Waals surface area contributed by atoms with E-state index in [-0.39, 0.29) is 6.61 Å². The van der Waals surface area contributed by atoms with E-state index in [1.165, 1.54) is 0 Å². The molecule has 4 nitrogen and oxygen atoms in total. The van der Waals surface area contributed by atoms with Crippen molar-refractivity contribution in [2.75, 3.05) is 0 Å². The number of nitrogens with zero attached hydrogens (tertiary/aromatic N) is 3.